The zero-order valence-corrected chi connectivity index (χ0v) is 26.7. The van der Waals surface area contributed by atoms with Crippen LogP contribution in [0.4, 0.5) is 0 Å². The van der Waals surface area contributed by atoms with Crippen molar-refractivity contribution in [2.45, 2.75) is 110 Å². The third kappa shape index (κ3) is 8.14. The fourth-order valence-electron chi connectivity index (χ4n) is 5.06. The zero-order valence-electron chi connectivity index (χ0n) is 26.7. The predicted molar refractivity (Wildman–Crippen MR) is 172 cm³/mol. The van der Waals surface area contributed by atoms with Gasteiger partial charge in [0.05, 0.1) is 13.2 Å². The van der Waals surface area contributed by atoms with Crippen LogP contribution in [-0.2, 0) is 22.9 Å². The zero-order chi connectivity index (χ0) is 30.3. The molecule has 224 valence electrons. The average molecular weight is 560 g/mol. The van der Waals surface area contributed by atoms with E-state index in [1.165, 1.54) is 0 Å². The minimum Gasteiger partial charge on any atom is -0.493 e. The average Bonchev–Trinajstić information content (AvgIpc) is 2.92. The summed E-state index contributed by atoms with van der Waals surface area (Å²) in [6.07, 6.45) is 4.40. The van der Waals surface area contributed by atoms with Crippen molar-refractivity contribution in [2.75, 3.05) is 13.2 Å². The molecule has 0 fully saturated rings. The Bertz CT molecular complexity index is 1170. The number of aliphatic hydroxyl groups is 1. The van der Waals surface area contributed by atoms with Gasteiger partial charge in [-0.15, -0.1) is 0 Å². The van der Waals surface area contributed by atoms with Gasteiger partial charge in [0.25, 0.3) is 0 Å². The first kappa shape index (κ1) is 32.7. The lowest BCUT2D eigenvalue weighted by Crippen LogP contribution is -2.48. The molecule has 41 heavy (non-hydrogen) atoms. The smallest absolute Gasteiger partial charge is 0.137 e. The Morgan fingerprint density at radius 2 is 1.12 bits per heavy atom. The van der Waals surface area contributed by atoms with Gasteiger partial charge >= 0.3 is 0 Å². The van der Waals surface area contributed by atoms with Gasteiger partial charge in [0.1, 0.15) is 17.1 Å². The molecule has 3 aromatic carbocycles. The normalized spacial score (nSPS) is 13.2. The standard InChI is InChI=1S/C37H53NO3/c1-9-11-22-40-32-25-28(35(3,4)5)18-20-30(32)37(39,34(38)24-27-16-14-13-15-17-27)31-21-19-29(36(6,7)8)26-33(31)41-23-12-10-2/h13-21,25-26,34,39H,9-12,22-24,38H2,1-8H3/t34-/m1/s1. The van der Waals surface area contributed by atoms with Crippen LogP contribution in [0.3, 0.4) is 0 Å². The van der Waals surface area contributed by atoms with Gasteiger partial charge in [-0.3, -0.25) is 0 Å². The number of unbranched alkanes of at least 4 members (excludes halogenated alkanes) is 2. The highest BCUT2D eigenvalue weighted by molar-refractivity contribution is 5.54. The van der Waals surface area contributed by atoms with E-state index in [4.69, 9.17) is 15.2 Å². The van der Waals surface area contributed by atoms with Crippen LogP contribution in [0.5, 0.6) is 11.5 Å². The Hall–Kier alpha value is -2.82. The molecule has 0 aromatic heterocycles. The SMILES string of the molecule is CCCCOc1cc(C(C)(C)C)ccc1C(O)(c1ccc(C(C)(C)C)cc1OCCCC)[C@H](N)Cc1ccccc1. The maximum atomic E-state index is 13.1. The van der Waals surface area contributed by atoms with E-state index in [2.05, 4.69) is 91.8 Å². The van der Waals surface area contributed by atoms with Crippen LogP contribution < -0.4 is 15.2 Å². The molecule has 1 atom stereocenters. The molecule has 3 aromatic rings. The van der Waals surface area contributed by atoms with Gasteiger partial charge in [-0.2, -0.15) is 0 Å². The molecular weight excluding hydrogens is 506 g/mol. The lowest BCUT2D eigenvalue weighted by atomic mass is 9.75. The van der Waals surface area contributed by atoms with E-state index >= 15 is 0 Å². The van der Waals surface area contributed by atoms with Crippen LogP contribution in [0.1, 0.15) is 109 Å². The van der Waals surface area contributed by atoms with Crippen molar-refractivity contribution in [3.8, 4) is 11.5 Å². The second kappa shape index (κ2) is 13.9. The fourth-order valence-corrected chi connectivity index (χ4v) is 5.06. The van der Waals surface area contributed by atoms with Crippen molar-refractivity contribution in [3.63, 3.8) is 0 Å². The Labute approximate surface area is 249 Å². The molecule has 0 spiro atoms. The van der Waals surface area contributed by atoms with Crippen LogP contribution in [0.25, 0.3) is 0 Å². The van der Waals surface area contributed by atoms with Crippen molar-refractivity contribution in [1.29, 1.82) is 0 Å². The second-order valence-corrected chi connectivity index (χ2v) is 13.4. The minimum absolute atomic E-state index is 0.0750. The summed E-state index contributed by atoms with van der Waals surface area (Å²) in [5.41, 5.74) is 10.1. The minimum atomic E-state index is -1.56. The number of ether oxygens (including phenoxy) is 2. The molecule has 3 N–H and O–H groups in total. The number of hydrogen-bond donors (Lipinski definition) is 2. The summed E-state index contributed by atoms with van der Waals surface area (Å²) in [6.45, 7) is 18.6. The maximum Gasteiger partial charge on any atom is 0.137 e. The number of hydrogen-bond acceptors (Lipinski definition) is 4. The molecular formula is C37H53NO3. The first-order valence-electron chi connectivity index (χ1n) is 15.4. The van der Waals surface area contributed by atoms with E-state index in [-0.39, 0.29) is 10.8 Å². The van der Waals surface area contributed by atoms with E-state index in [9.17, 15) is 5.11 Å². The van der Waals surface area contributed by atoms with Crippen LogP contribution in [0.15, 0.2) is 66.7 Å². The van der Waals surface area contributed by atoms with Gasteiger partial charge in [0, 0.05) is 17.2 Å². The molecule has 0 bridgehead atoms. The molecule has 0 aliphatic carbocycles. The molecule has 3 rings (SSSR count). The Kier molecular flexibility index (Phi) is 11.1. The van der Waals surface area contributed by atoms with E-state index in [0.29, 0.717) is 42.3 Å². The predicted octanol–water partition coefficient (Wildman–Crippen LogP) is 8.45. The van der Waals surface area contributed by atoms with Crippen LogP contribution in [-0.4, -0.2) is 24.4 Å². The second-order valence-electron chi connectivity index (χ2n) is 13.4. The van der Waals surface area contributed by atoms with Crippen molar-refractivity contribution in [1.82, 2.24) is 0 Å². The molecule has 0 amide bonds. The van der Waals surface area contributed by atoms with Crippen molar-refractivity contribution >= 4 is 0 Å². The van der Waals surface area contributed by atoms with Gasteiger partial charge in [-0.25, -0.2) is 0 Å². The lowest BCUT2D eigenvalue weighted by Gasteiger charge is -2.38. The van der Waals surface area contributed by atoms with Gasteiger partial charge in [0.2, 0.25) is 0 Å². The molecule has 0 aliphatic heterocycles. The summed E-state index contributed by atoms with van der Waals surface area (Å²) < 4.78 is 12.9. The Balaban J connectivity index is 2.29. The fraction of sp³-hybridized carbons (Fsp3) is 0.514. The lowest BCUT2D eigenvalue weighted by molar-refractivity contribution is 0.0451. The maximum absolute atomic E-state index is 13.1. The van der Waals surface area contributed by atoms with Gasteiger partial charge in [0.15, 0.2) is 0 Å². The Morgan fingerprint density at radius 1 is 0.683 bits per heavy atom. The first-order valence-corrected chi connectivity index (χ1v) is 15.4. The molecule has 0 heterocycles. The van der Waals surface area contributed by atoms with Crippen molar-refractivity contribution < 1.29 is 14.6 Å². The first-order chi connectivity index (χ1) is 19.3. The van der Waals surface area contributed by atoms with Gasteiger partial charge in [-0.05, 0) is 58.9 Å². The van der Waals surface area contributed by atoms with E-state index in [0.717, 1.165) is 42.4 Å². The molecule has 0 saturated carbocycles. The van der Waals surface area contributed by atoms with Crippen LogP contribution in [0.2, 0.25) is 0 Å². The molecule has 0 radical (unpaired) electrons. The number of rotatable bonds is 13. The van der Waals surface area contributed by atoms with E-state index < -0.39 is 11.6 Å². The van der Waals surface area contributed by atoms with Crippen molar-refractivity contribution in [3.05, 3.63) is 94.5 Å². The highest BCUT2D eigenvalue weighted by atomic mass is 16.5. The number of nitrogens with two attached hydrogens (primary N) is 1. The number of benzene rings is 3. The molecule has 0 saturated heterocycles. The summed E-state index contributed by atoms with van der Waals surface area (Å²) >= 11 is 0. The van der Waals surface area contributed by atoms with Crippen molar-refractivity contribution in [2.24, 2.45) is 5.73 Å². The third-order valence-electron chi connectivity index (χ3n) is 7.86. The highest BCUT2D eigenvalue weighted by Crippen LogP contribution is 2.45. The topological polar surface area (TPSA) is 64.7 Å². The Morgan fingerprint density at radius 3 is 1.51 bits per heavy atom. The monoisotopic (exact) mass is 559 g/mol. The molecule has 0 aliphatic rings. The van der Waals surface area contributed by atoms with Gasteiger partial charge < -0.3 is 20.3 Å². The molecule has 4 heteroatoms. The largest absolute Gasteiger partial charge is 0.493 e. The van der Waals surface area contributed by atoms with Crippen LogP contribution >= 0.6 is 0 Å². The quantitative estimate of drug-likeness (QED) is 0.206. The summed E-state index contributed by atoms with van der Waals surface area (Å²) in [6, 6.07) is 21.9. The summed E-state index contributed by atoms with van der Waals surface area (Å²) in [5.74, 6) is 1.35. The summed E-state index contributed by atoms with van der Waals surface area (Å²) in [7, 11) is 0. The third-order valence-corrected chi connectivity index (χ3v) is 7.86. The van der Waals surface area contributed by atoms with E-state index in [1.54, 1.807) is 0 Å². The molecule has 4 nitrogen and oxygen atoms in total. The van der Waals surface area contributed by atoms with E-state index in [1.807, 2.05) is 30.3 Å². The van der Waals surface area contributed by atoms with Crippen LogP contribution in [0, 0.1) is 0 Å². The highest BCUT2D eigenvalue weighted by Gasteiger charge is 2.43. The van der Waals surface area contributed by atoms with Gasteiger partial charge in [-0.1, -0.05) is 123 Å². The molecule has 0 unspecified atom stereocenters. The summed E-state index contributed by atoms with van der Waals surface area (Å²) in [4.78, 5) is 0. The summed E-state index contributed by atoms with van der Waals surface area (Å²) in [5, 5.41) is 13.1.